The maximum absolute atomic E-state index is 5.29. The Morgan fingerprint density at radius 1 is 0.529 bits per heavy atom. The Balaban J connectivity index is 1.11. The first kappa shape index (κ1) is 30.7. The third kappa shape index (κ3) is 5.78. The molecule has 5 heteroatoms. The van der Waals surface area contributed by atoms with Crippen molar-refractivity contribution < 1.29 is 0 Å². The third-order valence-corrected chi connectivity index (χ3v) is 10.7. The van der Waals surface area contributed by atoms with Gasteiger partial charge >= 0.3 is 0 Å². The van der Waals surface area contributed by atoms with Gasteiger partial charge in [0.05, 0.1) is 17.6 Å². The summed E-state index contributed by atoms with van der Waals surface area (Å²) in [6.45, 7) is 0.499. The van der Waals surface area contributed by atoms with Gasteiger partial charge in [0.2, 0.25) is 0 Å². The van der Waals surface area contributed by atoms with Crippen molar-refractivity contribution >= 4 is 65.0 Å². The molecule has 4 nitrogen and oxygen atoms in total. The van der Waals surface area contributed by atoms with Crippen LogP contribution in [0, 0.1) is 0 Å². The first-order chi connectivity index (χ1) is 25.2. The van der Waals surface area contributed by atoms with Gasteiger partial charge in [-0.15, -0.1) is 11.3 Å². The molecular weight excluding hydrogens is 641 g/mol. The molecular formula is C46H34N4S. The molecule has 51 heavy (non-hydrogen) atoms. The van der Waals surface area contributed by atoms with Crippen molar-refractivity contribution in [3.05, 3.63) is 187 Å². The second kappa shape index (κ2) is 13.2. The van der Waals surface area contributed by atoms with Crippen molar-refractivity contribution in [2.24, 2.45) is 9.98 Å². The van der Waals surface area contributed by atoms with E-state index in [9.17, 15) is 0 Å². The van der Waals surface area contributed by atoms with E-state index in [1.54, 1.807) is 0 Å². The van der Waals surface area contributed by atoms with Gasteiger partial charge in [0.1, 0.15) is 11.7 Å². The zero-order chi connectivity index (χ0) is 34.1. The molecule has 244 valence electrons. The van der Waals surface area contributed by atoms with E-state index in [2.05, 4.69) is 174 Å². The number of benzene rings is 7. The lowest BCUT2D eigenvalue weighted by Crippen LogP contribution is -2.32. The van der Waals surface area contributed by atoms with Crippen LogP contribution in [0.4, 0.5) is 0 Å². The molecule has 0 aliphatic rings. The highest BCUT2D eigenvalue weighted by molar-refractivity contribution is 7.25. The van der Waals surface area contributed by atoms with Crippen molar-refractivity contribution in [3.63, 3.8) is 0 Å². The molecule has 0 aliphatic carbocycles. The molecule has 7 aromatic carbocycles. The fourth-order valence-corrected chi connectivity index (χ4v) is 8.23. The van der Waals surface area contributed by atoms with E-state index >= 15 is 0 Å². The molecule has 0 amide bonds. The lowest BCUT2D eigenvalue weighted by molar-refractivity contribution is 1.04. The Labute approximate surface area is 300 Å². The lowest BCUT2D eigenvalue weighted by atomic mass is 10.0. The average Bonchev–Trinajstić information content (AvgIpc) is 3.74. The number of hydrogen-bond donors (Lipinski definition) is 1. The Morgan fingerprint density at radius 2 is 1.18 bits per heavy atom. The number of fused-ring (bicyclic) bond motifs is 6. The van der Waals surface area contributed by atoms with E-state index in [0.29, 0.717) is 6.54 Å². The standard InChI is InChI=1S/C46H34N4S/c1-47-45(34-17-12-16-33(28-34)32-14-3-2-4-15-32)49-46(35-25-26-40-39-21-7-10-24-43(39)51-44(40)29-35)48-30-31-13-11-18-36(27-31)50-41-22-8-5-19-37(41)38-20-6-9-23-42(38)50/h2-29H,30H2,1H3,(H,47,48,49). The number of aliphatic imine (C=N–C) groups is 2. The van der Waals surface area contributed by atoms with E-state index < -0.39 is 0 Å². The van der Waals surface area contributed by atoms with Gasteiger partial charge in [-0.2, -0.15) is 0 Å². The zero-order valence-corrected chi connectivity index (χ0v) is 28.9. The van der Waals surface area contributed by atoms with Crippen LogP contribution in [0.5, 0.6) is 0 Å². The maximum atomic E-state index is 5.29. The molecule has 0 unspecified atom stereocenters. The predicted molar refractivity (Wildman–Crippen MR) is 218 cm³/mol. The number of aromatic nitrogens is 1. The zero-order valence-electron chi connectivity index (χ0n) is 28.1. The molecule has 0 spiro atoms. The highest BCUT2D eigenvalue weighted by Gasteiger charge is 2.15. The van der Waals surface area contributed by atoms with Crippen LogP contribution >= 0.6 is 11.3 Å². The summed E-state index contributed by atoms with van der Waals surface area (Å²) in [5.74, 6) is 1.55. The second-order valence-electron chi connectivity index (χ2n) is 12.7. The van der Waals surface area contributed by atoms with Gasteiger partial charge in [0.15, 0.2) is 0 Å². The molecule has 0 atom stereocenters. The number of amidine groups is 2. The first-order valence-corrected chi connectivity index (χ1v) is 18.0. The minimum atomic E-state index is 0.499. The van der Waals surface area contributed by atoms with Crippen molar-refractivity contribution in [1.82, 2.24) is 9.88 Å². The molecule has 0 radical (unpaired) electrons. The molecule has 9 rings (SSSR count). The van der Waals surface area contributed by atoms with Crippen molar-refractivity contribution in [3.8, 4) is 16.8 Å². The van der Waals surface area contributed by atoms with Crippen molar-refractivity contribution in [2.45, 2.75) is 6.54 Å². The molecule has 0 bridgehead atoms. The number of nitrogens with zero attached hydrogens (tertiary/aromatic N) is 3. The predicted octanol–water partition coefficient (Wildman–Crippen LogP) is 11.4. The van der Waals surface area contributed by atoms with Gasteiger partial charge in [-0.1, -0.05) is 127 Å². The molecule has 0 saturated carbocycles. The number of rotatable bonds is 6. The summed E-state index contributed by atoms with van der Waals surface area (Å²) in [6, 6.07) is 60.2. The quantitative estimate of drug-likeness (QED) is 0.138. The van der Waals surface area contributed by atoms with E-state index in [4.69, 9.17) is 9.98 Å². The van der Waals surface area contributed by atoms with Crippen LogP contribution in [-0.2, 0) is 6.54 Å². The topological polar surface area (TPSA) is 41.7 Å². The first-order valence-electron chi connectivity index (χ1n) is 17.2. The monoisotopic (exact) mass is 674 g/mol. The minimum absolute atomic E-state index is 0.499. The summed E-state index contributed by atoms with van der Waals surface area (Å²) >= 11 is 1.81. The largest absolute Gasteiger partial charge is 0.325 e. The van der Waals surface area contributed by atoms with E-state index in [-0.39, 0.29) is 0 Å². The van der Waals surface area contributed by atoms with Crippen LogP contribution in [0.15, 0.2) is 180 Å². The molecule has 0 aliphatic heterocycles. The van der Waals surface area contributed by atoms with Gasteiger partial charge in [-0.25, -0.2) is 0 Å². The number of thiophene rings is 1. The van der Waals surface area contributed by atoms with E-state index in [0.717, 1.165) is 39.6 Å². The molecule has 2 aromatic heterocycles. The highest BCUT2D eigenvalue weighted by atomic mass is 32.1. The average molecular weight is 675 g/mol. The van der Waals surface area contributed by atoms with Crippen LogP contribution in [0.3, 0.4) is 0 Å². The van der Waals surface area contributed by atoms with Gasteiger partial charge in [-0.3, -0.25) is 9.98 Å². The Morgan fingerprint density at radius 3 is 1.96 bits per heavy atom. The smallest absolute Gasteiger partial charge is 0.134 e. The van der Waals surface area contributed by atoms with Gasteiger partial charge in [0, 0.05) is 54.8 Å². The molecule has 0 saturated heterocycles. The molecule has 1 N–H and O–H groups in total. The maximum Gasteiger partial charge on any atom is 0.134 e. The number of para-hydroxylation sites is 2. The number of nitrogens with one attached hydrogen (secondary N) is 1. The summed E-state index contributed by atoms with van der Waals surface area (Å²) in [5.41, 5.74) is 8.97. The van der Waals surface area contributed by atoms with Gasteiger partial charge in [-0.05, 0) is 59.2 Å². The summed E-state index contributed by atoms with van der Waals surface area (Å²) in [7, 11) is 1.83. The lowest BCUT2D eigenvalue weighted by Gasteiger charge is -2.15. The molecule has 9 aromatic rings. The summed E-state index contributed by atoms with van der Waals surface area (Å²) in [6.07, 6.45) is 0. The van der Waals surface area contributed by atoms with Crippen LogP contribution in [0.2, 0.25) is 0 Å². The van der Waals surface area contributed by atoms with Crippen molar-refractivity contribution in [2.75, 3.05) is 7.05 Å². The fraction of sp³-hybridized carbons (Fsp3) is 0.0435. The minimum Gasteiger partial charge on any atom is -0.325 e. The van der Waals surface area contributed by atoms with Crippen LogP contribution in [-0.4, -0.2) is 23.3 Å². The second-order valence-corrected chi connectivity index (χ2v) is 13.7. The highest BCUT2D eigenvalue weighted by Crippen LogP contribution is 2.35. The van der Waals surface area contributed by atoms with E-state index in [1.807, 2.05) is 24.5 Å². The normalized spacial score (nSPS) is 12.3. The summed E-state index contributed by atoms with van der Waals surface area (Å²) in [4.78, 5) is 10.0. The van der Waals surface area contributed by atoms with Crippen molar-refractivity contribution in [1.29, 1.82) is 0 Å². The molecule has 0 fully saturated rings. The summed E-state index contributed by atoms with van der Waals surface area (Å²) in [5, 5.41) is 8.72. The fourth-order valence-electron chi connectivity index (χ4n) is 7.09. The van der Waals surface area contributed by atoms with E-state index in [1.165, 1.54) is 47.5 Å². The summed E-state index contributed by atoms with van der Waals surface area (Å²) < 4.78 is 4.87. The Kier molecular flexibility index (Phi) is 7.95. The third-order valence-electron chi connectivity index (χ3n) is 9.52. The van der Waals surface area contributed by atoms with Gasteiger partial charge in [0.25, 0.3) is 0 Å². The van der Waals surface area contributed by atoms with Crippen LogP contribution in [0.1, 0.15) is 16.7 Å². The van der Waals surface area contributed by atoms with Crippen LogP contribution in [0.25, 0.3) is 58.8 Å². The molecule has 2 heterocycles. The van der Waals surface area contributed by atoms with Gasteiger partial charge < -0.3 is 9.88 Å². The Bertz CT molecular complexity index is 2720. The number of hydrogen-bond acceptors (Lipinski definition) is 3. The Hall–Kier alpha value is -6.30. The SMILES string of the molecule is CN=C(NC(=NCc1cccc(-n2c3ccccc3c3ccccc32)c1)c1ccc2c(c1)sc1ccccc12)c1cccc(-c2ccccc2)c1. The van der Waals surface area contributed by atoms with Crippen LogP contribution < -0.4 is 5.32 Å².